The summed E-state index contributed by atoms with van der Waals surface area (Å²) in [6, 6.07) is 3.73. The average Bonchev–Trinajstić information content (AvgIpc) is 2.59. The standard InChI is InChI=1S/C12H18N2O2/c1-15-11-4-5-12(14-9-11)16-10-3-2-7-13-8-6-10/h4-5,9-10,13H,2-3,6-8H2,1H3. The predicted octanol–water partition coefficient (Wildman–Crippen LogP) is 1.61. The molecule has 0 aromatic carbocycles. The highest BCUT2D eigenvalue weighted by Gasteiger charge is 2.13. The Morgan fingerprint density at radius 2 is 2.25 bits per heavy atom. The summed E-state index contributed by atoms with van der Waals surface area (Å²) in [6.45, 7) is 2.12. The lowest BCUT2D eigenvalue weighted by Gasteiger charge is -2.15. The Bertz CT molecular complexity index is 305. The summed E-state index contributed by atoms with van der Waals surface area (Å²) < 4.78 is 10.9. The smallest absolute Gasteiger partial charge is 0.213 e. The summed E-state index contributed by atoms with van der Waals surface area (Å²) in [5, 5.41) is 3.36. The number of nitrogens with zero attached hydrogens (tertiary/aromatic N) is 1. The van der Waals surface area contributed by atoms with Gasteiger partial charge in [-0.2, -0.15) is 0 Å². The molecule has 0 aliphatic carbocycles. The minimum absolute atomic E-state index is 0.288. The summed E-state index contributed by atoms with van der Waals surface area (Å²) >= 11 is 0. The number of nitrogens with one attached hydrogen (secondary N) is 1. The molecule has 0 amide bonds. The minimum atomic E-state index is 0.288. The Balaban J connectivity index is 1.91. The first-order chi connectivity index (χ1) is 7.88. The molecule has 0 bridgehead atoms. The lowest BCUT2D eigenvalue weighted by atomic mass is 10.2. The number of rotatable bonds is 3. The number of ether oxygens (including phenoxy) is 2. The fourth-order valence-corrected chi connectivity index (χ4v) is 1.83. The fraction of sp³-hybridized carbons (Fsp3) is 0.583. The molecular formula is C12H18N2O2. The number of pyridine rings is 1. The van der Waals surface area contributed by atoms with Gasteiger partial charge in [0.25, 0.3) is 0 Å². The van der Waals surface area contributed by atoms with E-state index >= 15 is 0 Å². The third-order valence-corrected chi connectivity index (χ3v) is 2.76. The van der Waals surface area contributed by atoms with Crippen LogP contribution in [-0.4, -0.2) is 31.3 Å². The molecule has 1 aromatic heterocycles. The van der Waals surface area contributed by atoms with Crippen molar-refractivity contribution in [1.82, 2.24) is 10.3 Å². The van der Waals surface area contributed by atoms with Crippen LogP contribution in [0.4, 0.5) is 0 Å². The number of methoxy groups -OCH3 is 1. The molecule has 0 spiro atoms. The molecule has 16 heavy (non-hydrogen) atoms. The maximum absolute atomic E-state index is 5.83. The molecule has 1 N–H and O–H groups in total. The molecule has 1 fully saturated rings. The zero-order valence-electron chi connectivity index (χ0n) is 9.61. The monoisotopic (exact) mass is 222 g/mol. The topological polar surface area (TPSA) is 43.4 Å². The van der Waals surface area contributed by atoms with E-state index in [1.807, 2.05) is 12.1 Å². The third-order valence-electron chi connectivity index (χ3n) is 2.76. The highest BCUT2D eigenvalue weighted by Crippen LogP contribution is 2.17. The van der Waals surface area contributed by atoms with Gasteiger partial charge in [0.2, 0.25) is 5.88 Å². The van der Waals surface area contributed by atoms with Crippen molar-refractivity contribution in [3.8, 4) is 11.6 Å². The quantitative estimate of drug-likeness (QED) is 0.843. The van der Waals surface area contributed by atoms with E-state index in [2.05, 4.69) is 10.3 Å². The second-order valence-electron chi connectivity index (χ2n) is 3.96. The van der Waals surface area contributed by atoms with Gasteiger partial charge in [0.1, 0.15) is 11.9 Å². The third kappa shape index (κ3) is 3.10. The van der Waals surface area contributed by atoms with Crippen LogP contribution in [-0.2, 0) is 0 Å². The van der Waals surface area contributed by atoms with E-state index in [1.165, 1.54) is 6.42 Å². The van der Waals surface area contributed by atoms with Gasteiger partial charge in [-0.25, -0.2) is 4.98 Å². The summed E-state index contributed by atoms with van der Waals surface area (Å²) in [6.07, 6.45) is 5.29. The van der Waals surface area contributed by atoms with E-state index in [9.17, 15) is 0 Å². The molecule has 88 valence electrons. The second-order valence-corrected chi connectivity index (χ2v) is 3.96. The average molecular weight is 222 g/mol. The lowest BCUT2D eigenvalue weighted by Crippen LogP contribution is -2.19. The summed E-state index contributed by atoms with van der Waals surface area (Å²) in [7, 11) is 1.63. The zero-order valence-corrected chi connectivity index (χ0v) is 9.61. The van der Waals surface area contributed by atoms with E-state index in [0.717, 1.165) is 31.7 Å². The molecule has 1 saturated heterocycles. The maximum atomic E-state index is 5.83. The Hall–Kier alpha value is -1.29. The van der Waals surface area contributed by atoms with E-state index in [4.69, 9.17) is 9.47 Å². The number of aromatic nitrogens is 1. The van der Waals surface area contributed by atoms with Crippen LogP contribution in [0.3, 0.4) is 0 Å². The summed E-state index contributed by atoms with van der Waals surface area (Å²) in [4.78, 5) is 4.21. The molecule has 2 heterocycles. The van der Waals surface area contributed by atoms with Gasteiger partial charge >= 0.3 is 0 Å². The van der Waals surface area contributed by atoms with Gasteiger partial charge in [-0.3, -0.25) is 0 Å². The van der Waals surface area contributed by atoms with Gasteiger partial charge in [-0.1, -0.05) is 0 Å². The van der Waals surface area contributed by atoms with Gasteiger partial charge in [-0.05, 0) is 38.4 Å². The van der Waals surface area contributed by atoms with Crippen LogP contribution in [0.1, 0.15) is 19.3 Å². The largest absolute Gasteiger partial charge is 0.495 e. The molecule has 1 aliphatic rings. The van der Waals surface area contributed by atoms with Crippen LogP contribution < -0.4 is 14.8 Å². The molecule has 4 nitrogen and oxygen atoms in total. The lowest BCUT2D eigenvalue weighted by molar-refractivity contribution is 0.179. The highest BCUT2D eigenvalue weighted by molar-refractivity contribution is 5.22. The van der Waals surface area contributed by atoms with Crippen molar-refractivity contribution in [3.63, 3.8) is 0 Å². The van der Waals surface area contributed by atoms with Crippen LogP contribution in [0, 0.1) is 0 Å². The van der Waals surface area contributed by atoms with E-state index in [1.54, 1.807) is 13.3 Å². The molecule has 0 radical (unpaired) electrons. The van der Waals surface area contributed by atoms with E-state index in [0.29, 0.717) is 5.88 Å². The first kappa shape index (κ1) is 11.2. The summed E-state index contributed by atoms with van der Waals surface area (Å²) in [5.41, 5.74) is 0. The van der Waals surface area contributed by atoms with Crippen LogP contribution >= 0.6 is 0 Å². The van der Waals surface area contributed by atoms with Gasteiger partial charge in [0.05, 0.1) is 13.3 Å². The maximum Gasteiger partial charge on any atom is 0.213 e. The van der Waals surface area contributed by atoms with Crippen molar-refractivity contribution in [1.29, 1.82) is 0 Å². The normalized spacial score (nSPS) is 21.2. The Morgan fingerprint density at radius 1 is 1.31 bits per heavy atom. The van der Waals surface area contributed by atoms with Crippen molar-refractivity contribution in [2.24, 2.45) is 0 Å². The van der Waals surface area contributed by atoms with Gasteiger partial charge in [0, 0.05) is 6.07 Å². The van der Waals surface area contributed by atoms with Crippen LogP contribution in [0.5, 0.6) is 11.6 Å². The van der Waals surface area contributed by atoms with E-state index < -0.39 is 0 Å². The van der Waals surface area contributed by atoms with Crippen molar-refractivity contribution >= 4 is 0 Å². The van der Waals surface area contributed by atoms with Crippen molar-refractivity contribution in [3.05, 3.63) is 18.3 Å². The second kappa shape index (κ2) is 5.70. The SMILES string of the molecule is COc1ccc(OC2CCCNCC2)nc1. The first-order valence-electron chi connectivity index (χ1n) is 5.76. The molecule has 2 rings (SSSR count). The molecule has 1 aromatic rings. The zero-order chi connectivity index (χ0) is 11.2. The van der Waals surface area contributed by atoms with Gasteiger partial charge in [-0.15, -0.1) is 0 Å². The molecule has 1 unspecified atom stereocenters. The molecule has 1 atom stereocenters. The molecule has 0 saturated carbocycles. The minimum Gasteiger partial charge on any atom is -0.495 e. The Morgan fingerprint density at radius 3 is 3.00 bits per heavy atom. The highest BCUT2D eigenvalue weighted by atomic mass is 16.5. The van der Waals surface area contributed by atoms with Gasteiger partial charge < -0.3 is 14.8 Å². The number of hydrogen-bond acceptors (Lipinski definition) is 4. The molecule has 1 aliphatic heterocycles. The van der Waals surface area contributed by atoms with E-state index in [-0.39, 0.29) is 6.10 Å². The van der Waals surface area contributed by atoms with Crippen molar-refractivity contribution in [2.45, 2.75) is 25.4 Å². The molecular weight excluding hydrogens is 204 g/mol. The van der Waals surface area contributed by atoms with Crippen LogP contribution in [0.25, 0.3) is 0 Å². The van der Waals surface area contributed by atoms with Crippen LogP contribution in [0.2, 0.25) is 0 Å². The number of hydrogen-bond donors (Lipinski definition) is 1. The molecule has 4 heteroatoms. The fourth-order valence-electron chi connectivity index (χ4n) is 1.83. The van der Waals surface area contributed by atoms with Crippen molar-refractivity contribution in [2.75, 3.05) is 20.2 Å². The Kier molecular flexibility index (Phi) is 3.99. The van der Waals surface area contributed by atoms with Gasteiger partial charge in [0.15, 0.2) is 0 Å². The Labute approximate surface area is 96.0 Å². The summed E-state index contributed by atoms with van der Waals surface area (Å²) in [5.74, 6) is 1.45. The first-order valence-corrected chi connectivity index (χ1v) is 5.76. The van der Waals surface area contributed by atoms with Crippen LogP contribution in [0.15, 0.2) is 18.3 Å². The van der Waals surface area contributed by atoms with Crippen molar-refractivity contribution < 1.29 is 9.47 Å². The predicted molar refractivity (Wildman–Crippen MR) is 61.9 cm³/mol.